The van der Waals surface area contributed by atoms with Crippen LogP contribution in [-0.2, 0) is 10.4 Å². The zero-order valence-corrected chi connectivity index (χ0v) is 9.22. The number of fused-ring (bicyclic) bond motifs is 1. The van der Waals surface area contributed by atoms with Crippen molar-refractivity contribution in [1.29, 1.82) is 0 Å². The summed E-state index contributed by atoms with van der Waals surface area (Å²) in [7, 11) is 0. The number of aliphatic hydroxyl groups is 1. The van der Waals surface area contributed by atoms with Crippen LogP contribution in [0.2, 0.25) is 0 Å². The highest BCUT2D eigenvalue weighted by Crippen LogP contribution is 2.40. The number of nitrogens with zero attached hydrogens (tertiary/aromatic N) is 1. The van der Waals surface area contributed by atoms with Crippen molar-refractivity contribution in [3.05, 3.63) is 59.5 Å². The third-order valence-electron chi connectivity index (χ3n) is 3.02. The molecule has 5 heteroatoms. The van der Waals surface area contributed by atoms with Gasteiger partial charge in [-0.25, -0.2) is 9.37 Å². The van der Waals surface area contributed by atoms with E-state index >= 15 is 0 Å². The second-order valence-corrected chi connectivity index (χ2v) is 4.04. The zero-order chi connectivity index (χ0) is 12.8. The SMILES string of the molecule is O=C1Nc2ncccc2C1(O)c1ccccc1F. The van der Waals surface area contributed by atoms with E-state index in [-0.39, 0.29) is 16.9 Å². The summed E-state index contributed by atoms with van der Waals surface area (Å²) in [5.41, 5.74) is -1.83. The number of benzene rings is 1. The minimum Gasteiger partial charge on any atom is -0.372 e. The monoisotopic (exact) mass is 244 g/mol. The maximum atomic E-state index is 13.8. The fourth-order valence-corrected chi connectivity index (χ4v) is 2.14. The van der Waals surface area contributed by atoms with Gasteiger partial charge < -0.3 is 10.4 Å². The smallest absolute Gasteiger partial charge is 0.267 e. The highest BCUT2D eigenvalue weighted by atomic mass is 19.1. The number of hydrogen-bond acceptors (Lipinski definition) is 3. The minimum absolute atomic E-state index is 0.0748. The van der Waals surface area contributed by atoms with Crippen molar-refractivity contribution in [2.24, 2.45) is 0 Å². The molecule has 0 saturated carbocycles. The summed E-state index contributed by atoms with van der Waals surface area (Å²) < 4.78 is 13.8. The fraction of sp³-hybridized carbons (Fsp3) is 0.0769. The lowest BCUT2D eigenvalue weighted by Crippen LogP contribution is -2.36. The molecule has 0 radical (unpaired) electrons. The lowest BCUT2D eigenvalue weighted by Gasteiger charge is -2.21. The summed E-state index contributed by atoms with van der Waals surface area (Å²) in [6, 6.07) is 8.79. The maximum absolute atomic E-state index is 13.8. The molecule has 0 fully saturated rings. The molecule has 4 nitrogen and oxygen atoms in total. The van der Waals surface area contributed by atoms with E-state index in [4.69, 9.17) is 0 Å². The van der Waals surface area contributed by atoms with Crippen LogP contribution in [0.15, 0.2) is 42.6 Å². The molecular formula is C13H9FN2O2. The molecule has 0 bridgehead atoms. The normalized spacial score (nSPS) is 21.6. The fourth-order valence-electron chi connectivity index (χ4n) is 2.14. The van der Waals surface area contributed by atoms with Gasteiger partial charge in [0, 0.05) is 17.3 Å². The van der Waals surface area contributed by atoms with Crippen LogP contribution in [-0.4, -0.2) is 16.0 Å². The molecule has 1 aliphatic rings. The van der Waals surface area contributed by atoms with Crippen molar-refractivity contribution in [1.82, 2.24) is 4.98 Å². The molecule has 1 aliphatic heterocycles. The number of rotatable bonds is 1. The van der Waals surface area contributed by atoms with Crippen LogP contribution in [0.3, 0.4) is 0 Å². The molecule has 1 atom stereocenters. The first-order chi connectivity index (χ1) is 8.64. The van der Waals surface area contributed by atoms with Crippen molar-refractivity contribution in [2.75, 3.05) is 5.32 Å². The van der Waals surface area contributed by atoms with Crippen LogP contribution in [0.4, 0.5) is 10.2 Å². The number of carbonyl (C=O) groups is 1. The quantitative estimate of drug-likeness (QED) is 0.797. The van der Waals surface area contributed by atoms with Gasteiger partial charge in [0.2, 0.25) is 5.60 Å². The van der Waals surface area contributed by atoms with Gasteiger partial charge in [-0.2, -0.15) is 0 Å². The Balaban J connectivity index is 2.27. The predicted molar refractivity (Wildman–Crippen MR) is 62.3 cm³/mol. The van der Waals surface area contributed by atoms with Crippen LogP contribution in [0.5, 0.6) is 0 Å². The molecule has 1 aromatic heterocycles. The standard InChI is InChI=1S/C13H9FN2O2/c14-10-6-2-1-4-8(10)13(18)9-5-3-7-15-11(9)16-12(13)17/h1-7,18H,(H,15,16,17). The molecule has 2 N–H and O–H groups in total. The van der Waals surface area contributed by atoms with Crippen molar-refractivity contribution in [2.45, 2.75) is 5.60 Å². The molecule has 0 spiro atoms. The number of hydrogen-bond donors (Lipinski definition) is 2. The highest BCUT2D eigenvalue weighted by Gasteiger charge is 2.48. The number of amides is 1. The van der Waals surface area contributed by atoms with Gasteiger partial charge >= 0.3 is 0 Å². The molecule has 90 valence electrons. The Kier molecular flexibility index (Phi) is 2.18. The molecule has 0 aliphatic carbocycles. The van der Waals surface area contributed by atoms with Gasteiger partial charge in [0.15, 0.2) is 0 Å². The van der Waals surface area contributed by atoms with E-state index in [0.717, 1.165) is 0 Å². The summed E-state index contributed by atoms with van der Waals surface area (Å²) in [6.45, 7) is 0. The Morgan fingerprint density at radius 2 is 1.89 bits per heavy atom. The molecular weight excluding hydrogens is 235 g/mol. The Bertz CT molecular complexity index is 644. The van der Waals surface area contributed by atoms with E-state index in [1.54, 1.807) is 18.2 Å². The summed E-state index contributed by atoms with van der Waals surface area (Å²) in [6.07, 6.45) is 1.49. The van der Waals surface area contributed by atoms with Crippen molar-refractivity contribution >= 4 is 11.7 Å². The predicted octanol–water partition coefficient (Wildman–Crippen LogP) is 1.41. The van der Waals surface area contributed by atoms with E-state index in [2.05, 4.69) is 10.3 Å². The van der Waals surface area contributed by atoms with Crippen molar-refractivity contribution < 1.29 is 14.3 Å². The van der Waals surface area contributed by atoms with Gasteiger partial charge in [-0.05, 0) is 18.2 Å². The molecule has 1 unspecified atom stereocenters. The topological polar surface area (TPSA) is 62.2 Å². The minimum atomic E-state index is -2.02. The second-order valence-electron chi connectivity index (χ2n) is 4.04. The molecule has 1 aromatic carbocycles. The van der Waals surface area contributed by atoms with E-state index < -0.39 is 17.3 Å². The number of pyridine rings is 1. The van der Waals surface area contributed by atoms with Crippen LogP contribution in [0.25, 0.3) is 0 Å². The second kappa shape index (κ2) is 3.61. The number of anilines is 1. The largest absolute Gasteiger partial charge is 0.372 e. The molecule has 3 rings (SSSR count). The summed E-state index contributed by atoms with van der Waals surface area (Å²) in [4.78, 5) is 15.9. The van der Waals surface area contributed by atoms with Crippen molar-refractivity contribution in [3.63, 3.8) is 0 Å². The van der Waals surface area contributed by atoms with E-state index in [1.165, 1.54) is 24.4 Å². The van der Waals surface area contributed by atoms with Crippen LogP contribution < -0.4 is 5.32 Å². The first-order valence-corrected chi connectivity index (χ1v) is 5.38. The van der Waals surface area contributed by atoms with Gasteiger partial charge in [-0.3, -0.25) is 4.79 Å². The number of nitrogens with one attached hydrogen (secondary N) is 1. The van der Waals surface area contributed by atoms with Crippen LogP contribution in [0, 0.1) is 5.82 Å². The molecule has 1 amide bonds. The Morgan fingerprint density at radius 1 is 1.17 bits per heavy atom. The number of aromatic nitrogens is 1. The third-order valence-corrected chi connectivity index (χ3v) is 3.02. The number of carbonyl (C=O) groups excluding carboxylic acids is 1. The zero-order valence-electron chi connectivity index (χ0n) is 9.22. The number of halogens is 1. The summed E-state index contributed by atoms with van der Waals surface area (Å²) in [5.74, 6) is -1.07. The Hall–Kier alpha value is -2.27. The summed E-state index contributed by atoms with van der Waals surface area (Å²) in [5, 5.41) is 13.0. The lowest BCUT2D eigenvalue weighted by atomic mass is 9.88. The van der Waals surface area contributed by atoms with E-state index in [0.29, 0.717) is 0 Å². The van der Waals surface area contributed by atoms with E-state index in [1.807, 2.05) is 0 Å². The third kappa shape index (κ3) is 1.28. The first kappa shape index (κ1) is 10.9. The molecule has 2 heterocycles. The van der Waals surface area contributed by atoms with Crippen LogP contribution >= 0.6 is 0 Å². The lowest BCUT2D eigenvalue weighted by molar-refractivity contribution is -0.129. The van der Waals surface area contributed by atoms with Gasteiger partial charge in [0.05, 0.1) is 0 Å². The average molecular weight is 244 g/mol. The van der Waals surface area contributed by atoms with Gasteiger partial charge in [0.1, 0.15) is 11.6 Å². The van der Waals surface area contributed by atoms with Gasteiger partial charge in [-0.15, -0.1) is 0 Å². The van der Waals surface area contributed by atoms with Gasteiger partial charge in [-0.1, -0.05) is 18.2 Å². The van der Waals surface area contributed by atoms with E-state index in [9.17, 15) is 14.3 Å². The maximum Gasteiger partial charge on any atom is 0.267 e. The first-order valence-electron chi connectivity index (χ1n) is 5.38. The highest BCUT2D eigenvalue weighted by molar-refractivity contribution is 6.06. The summed E-state index contributed by atoms with van der Waals surface area (Å²) >= 11 is 0. The Labute approximate surface area is 102 Å². The average Bonchev–Trinajstić information content (AvgIpc) is 2.63. The molecule has 0 saturated heterocycles. The van der Waals surface area contributed by atoms with Crippen molar-refractivity contribution in [3.8, 4) is 0 Å². The van der Waals surface area contributed by atoms with Crippen LogP contribution in [0.1, 0.15) is 11.1 Å². The Morgan fingerprint density at radius 3 is 2.67 bits per heavy atom. The van der Waals surface area contributed by atoms with Gasteiger partial charge in [0.25, 0.3) is 5.91 Å². The molecule has 18 heavy (non-hydrogen) atoms. The molecule has 2 aromatic rings.